The summed E-state index contributed by atoms with van der Waals surface area (Å²) >= 11 is 1.59. The van der Waals surface area contributed by atoms with Crippen molar-refractivity contribution in [1.29, 1.82) is 0 Å². The average molecular weight is 230 g/mol. The van der Waals surface area contributed by atoms with E-state index in [1.54, 1.807) is 18.7 Å². The maximum absolute atomic E-state index is 11.7. The Bertz CT molecular complexity index is 224. The van der Waals surface area contributed by atoms with Crippen molar-refractivity contribution in [2.75, 3.05) is 0 Å². The molecule has 0 aliphatic rings. The summed E-state index contributed by atoms with van der Waals surface area (Å²) < 4.78 is 0. The molecule has 0 aromatic carbocycles. The van der Waals surface area contributed by atoms with Gasteiger partial charge in [0.2, 0.25) is 0 Å². The minimum atomic E-state index is -0.147. The molecule has 2 nitrogen and oxygen atoms in total. The van der Waals surface area contributed by atoms with E-state index in [0.29, 0.717) is 11.7 Å². The fourth-order valence-corrected chi connectivity index (χ4v) is 2.34. The van der Waals surface area contributed by atoms with Gasteiger partial charge in [-0.05, 0) is 18.6 Å². The Balaban J connectivity index is 4.29. The Morgan fingerprint density at radius 2 is 1.73 bits per heavy atom. The molecule has 88 valence electrons. The molecule has 2 unspecified atom stereocenters. The van der Waals surface area contributed by atoms with Crippen molar-refractivity contribution in [2.45, 2.75) is 58.0 Å². The largest absolute Gasteiger partial charge is 0.299 e. The van der Waals surface area contributed by atoms with Crippen molar-refractivity contribution in [3.63, 3.8) is 0 Å². The standard InChI is InChI=1S/C12H22O2S/c1-6-9(4)11(14)7-12(10(5)13)15-8(2)3/h8-9,12H,6-7H2,1-5H3. The van der Waals surface area contributed by atoms with Gasteiger partial charge >= 0.3 is 0 Å². The molecule has 0 bridgehead atoms. The van der Waals surface area contributed by atoms with E-state index in [9.17, 15) is 9.59 Å². The van der Waals surface area contributed by atoms with Crippen molar-refractivity contribution in [1.82, 2.24) is 0 Å². The molecule has 0 aliphatic heterocycles. The van der Waals surface area contributed by atoms with Gasteiger partial charge in [0, 0.05) is 12.3 Å². The molecule has 15 heavy (non-hydrogen) atoms. The highest BCUT2D eigenvalue weighted by molar-refractivity contribution is 8.01. The van der Waals surface area contributed by atoms with Gasteiger partial charge in [-0.1, -0.05) is 27.7 Å². The van der Waals surface area contributed by atoms with Crippen LogP contribution in [-0.2, 0) is 9.59 Å². The van der Waals surface area contributed by atoms with Gasteiger partial charge in [0.15, 0.2) is 0 Å². The fourth-order valence-electron chi connectivity index (χ4n) is 1.23. The number of thioether (sulfide) groups is 1. The Morgan fingerprint density at radius 1 is 1.20 bits per heavy atom. The van der Waals surface area contributed by atoms with Crippen LogP contribution < -0.4 is 0 Å². The van der Waals surface area contributed by atoms with Crippen LogP contribution in [0.4, 0.5) is 0 Å². The third-order valence-electron chi connectivity index (χ3n) is 2.44. The number of carbonyl (C=O) groups is 2. The van der Waals surface area contributed by atoms with E-state index >= 15 is 0 Å². The molecule has 0 aromatic rings. The zero-order valence-corrected chi connectivity index (χ0v) is 11.2. The molecule has 0 aliphatic carbocycles. The second kappa shape index (κ2) is 7.04. The van der Waals surface area contributed by atoms with Gasteiger partial charge in [0.05, 0.1) is 5.25 Å². The van der Waals surface area contributed by atoms with Gasteiger partial charge in [-0.25, -0.2) is 0 Å². The first-order valence-electron chi connectivity index (χ1n) is 5.57. The van der Waals surface area contributed by atoms with Gasteiger partial charge in [-0.2, -0.15) is 0 Å². The zero-order chi connectivity index (χ0) is 12.0. The topological polar surface area (TPSA) is 34.1 Å². The first kappa shape index (κ1) is 14.7. The number of ketones is 2. The van der Waals surface area contributed by atoms with Gasteiger partial charge in [-0.3, -0.25) is 9.59 Å². The van der Waals surface area contributed by atoms with Crippen molar-refractivity contribution in [2.24, 2.45) is 5.92 Å². The molecule has 0 aromatic heterocycles. The maximum atomic E-state index is 11.7. The lowest BCUT2D eigenvalue weighted by atomic mass is 9.99. The highest BCUT2D eigenvalue weighted by Crippen LogP contribution is 2.23. The van der Waals surface area contributed by atoms with E-state index in [-0.39, 0.29) is 22.7 Å². The number of hydrogen-bond donors (Lipinski definition) is 0. The predicted molar refractivity (Wildman–Crippen MR) is 66.3 cm³/mol. The average Bonchev–Trinajstić information content (AvgIpc) is 2.14. The molecule has 0 radical (unpaired) electrons. The highest BCUT2D eigenvalue weighted by Gasteiger charge is 2.22. The molecule has 3 heteroatoms. The van der Waals surface area contributed by atoms with Crippen molar-refractivity contribution >= 4 is 23.3 Å². The predicted octanol–water partition coefficient (Wildman–Crippen LogP) is 3.09. The van der Waals surface area contributed by atoms with E-state index in [1.807, 2.05) is 27.7 Å². The van der Waals surface area contributed by atoms with E-state index < -0.39 is 0 Å². The van der Waals surface area contributed by atoms with Crippen LogP contribution in [0.15, 0.2) is 0 Å². The molecule has 0 amide bonds. The molecule has 2 atom stereocenters. The maximum Gasteiger partial charge on any atom is 0.143 e. The molecule has 0 fully saturated rings. The van der Waals surface area contributed by atoms with E-state index in [2.05, 4.69) is 0 Å². The minimum absolute atomic E-state index is 0.0830. The molecule has 0 heterocycles. The monoisotopic (exact) mass is 230 g/mol. The lowest BCUT2D eigenvalue weighted by Crippen LogP contribution is -2.23. The molecule has 0 spiro atoms. The molecule has 0 saturated carbocycles. The van der Waals surface area contributed by atoms with Crippen molar-refractivity contribution < 1.29 is 9.59 Å². The highest BCUT2D eigenvalue weighted by atomic mass is 32.2. The smallest absolute Gasteiger partial charge is 0.143 e. The second-order valence-electron chi connectivity index (χ2n) is 4.26. The van der Waals surface area contributed by atoms with Crippen molar-refractivity contribution in [3.8, 4) is 0 Å². The van der Waals surface area contributed by atoms with Gasteiger partial charge in [-0.15, -0.1) is 11.8 Å². The zero-order valence-electron chi connectivity index (χ0n) is 10.4. The Hall–Kier alpha value is -0.310. The summed E-state index contributed by atoms with van der Waals surface area (Å²) in [6.45, 7) is 9.60. The van der Waals surface area contributed by atoms with Crippen LogP contribution in [0.25, 0.3) is 0 Å². The van der Waals surface area contributed by atoms with Crippen LogP contribution in [0.2, 0.25) is 0 Å². The van der Waals surface area contributed by atoms with E-state index in [1.165, 1.54) is 0 Å². The SMILES string of the molecule is CCC(C)C(=O)CC(SC(C)C)C(C)=O. The number of Topliss-reactive ketones (excluding diaryl/α,β-unsaturated/α-hetero) is 2. The van der Waals surface area contributed by atoms with Crippen LogP contribution in [0.5, 0.6) is 0 Å². The first-order chi connectivity index (χ1) is 6.88. The summed E-state index contributed by atoms with van der Waals surface area (Å²) in [4.78, 5) is 23.1. The minimum Gasteiger partial charge on any atom is -0.299 e. The second-order valence-corrected chi connectivity index (χ2v) is 6.05. The summed E-state index contributed by atoms with van der Waals surface area (Å²) in [5.41, 5.74) is 0. The normalized spacial score (nSPS) is 15.1. The Morgan fingerprint density at radius 3 is 2.07 bits per heavy atom. The lowest BCUT2D eigenvalue weighted by Gasteiger charge is -2.16. The van der Waals surface area contributed by atoms with Gasteiger partial charge in [0.1, 0.15) is 11.6 Å². The van der Waals surface area contributed by atoms with Crippen molar-refractivity contribution in [3.05, 3.63) is 0 Å². The summed E-state index contributed by atoms with van der Waals surface area (Å²) in [7, 11) is 0. The summed E-state index contributed by atoms with van der Waals surface area (Å²) in [5, 5.41) is 0.245. The molecular weight excluding hydrogens is 208 g/mol. The Kier molecular flexibility index (Phi) is 6.90. The van der Waals surface area contributed by atoms with Crippen LogP contribution in [-0.4, -0.2) is 22.1 Å². The van der Waals surface area contributed by atoms with Crippen LogP contribution >= 0.6 is 11.8 Å². The Labute approximate surface area is 97.2 Å². The number of hydrogen-bond acceptors (Lipinski definition) is 3. The molecule has 0 N–H and O–H groups in total. The summed E-state index contributed by atoms with van der Waals surface area (Å²) in [6.07, 6.45) is 1.25. The molecular formula is C12H22O2S. The first-order valence-corrected chi connectivity index (χ1v) is 6.51. The van der Waals surface area contributed by atoms with Gasteiger partial charge in [0.25, 0.3) is 0 Å². The van der Waals surface area contributed by atoms with Crippen LogP contribution in [0, 0.1) is 5.92 Å². The van der Waals surface area contributed by atoms with E-state index in [4.69, 9.17) is 0 Å². The van der Waals surface area contributed by atoms with Crippen LogP contribution in [0.3, 0.4) is 0 Å². The van der Waals surface area contributed by atoms with Gasteiger partial charge < -0.3 is 0 Å². The summed E-state index contributed by atoms with van der Waals surface area (Å²) in [6, 6.07) is 0. The third kappa shape index (κ3) is 5.98. The quantitative estimate of drug-likeness (QED) is 0.674. The molecule has 0 saturated heterocycles. The molecule has 0 rings (SSSR count). The number of rotatable bonds is 7. The fraction of sp³-hybridized carbons (Fsp3) is 0.833. The summed E-state index contributed by atoms with van der Waals surface area (Å²) in [5.74, 6) is 0.413. The number of carbonyl (C=O) groups excluding carboxylic acids is 2. The third-order valence-corrected chi connectivity index (χ3v) is 3.81. The van der Waals surface area contributed by atoms with Crippen LogP contribution in [0.1, 0.15) is 47.5 Å². The van der Waals surface area contributed by atoms with E-state index in [0.717, 1.165) is 6.42 Å². The lowest BCUT2D eigenvalue weighted by molar-refractivity contribution is -0.125.